The fraction of sp³-hybridized carbons (Fsp3) is 0.211. The lowest BCUT2D eigenvalue weighted by Gasteiger charge is -2.20. The Balaban J connectivity index is 2.19. The lowest BCUT2D eigenvalue weighted by Crippen LogP contribution is -2.36. The number of amidine groups is 1. The van der Waals surface area contributed by atoms with Crippen molar-refractivity contribution in [2.75, 3.05) is 0 Å². The molecular formula is C19H18ClN3O. The van der Waals surface area contributed by atoms with E-state index in [1.54, 1.807) is 0 Å². The summed E-state index contributed by atoms with van der Waals surface area (Å²) in [5, 5.41) is 3.56. The monoisotopic (exact) mass is 339 g/mol. The number of para-hydroxylation sites is 2. The molecule has 0 radical (unpaired) electrons. The van der Waals surface area contributed by atoms with E-state index < -0.39 is 0 Å². The second-order valence-corrected chi connectivity index (χ2v) is 6.04. The molecule has 0 fully saturated rings. The van der Waals surface area contributed by atoms with E-state index >= 15 is 0 Å². The van der Waals surface area contributed by atoms with Crippen molar-refractivity contribution < 1.29 is 4.79 Å². The molecule has 1 atom stereocenters. The number of nitrogens with one attached hydrogen (secondary N) is 1. The van der Waals surface area contributed by atoms with Gasteiger partial charge in [0.05, 0.1) is 17.3 Å². The topological polar surface area (TPSA) is 53.8 Å². The third-order valence-corrected chi connectivity index (χ3v) is 4.12. The number of carbonyl (C=O) groups excluding carboxylic acids is 1. The molecule has 1 heterocycles. The smallest absolute Gasteiger partial charge is 0.222 e. The maximum atomic E-state index is 11.7. The lowest BCUT2D eigenvalue weighted by molar-refractivity contribution is -0.117. The van der Waals surface area contributed by atoms with Gasteiger partial charge in [0.2, 0.25) is 5.91 Å². The first kappa shape index (κ1) is 16.4. The van der Waals surface area contributed by atoms with Crippen LogP contribution in [0.5, 0.6) is 0 Å². The molecular weight excluding hydrogens is 322 g/mol. The Kier molecular flexibility index (Phi) is 4.76. The highest BCUT2D eigenvalue weighted by atomic mass is 35.5. The number of nitrogens with zero attached hydrogens (tertiary/aromatic N) is 2. The van der Waals surface area contributed by atoms with Crippen molar-refractivity contribution in [3.8, 4) is 0 Å². The van der Waals surface area contributed by atoms with E-state index in [-0.39, 0.29) is 11.8 Å². The summed E-state index contributed by atoms with van der Waals surface area (Å²) in [4.78, 5) is 21.2. The van der Waals surface area contributed by atoms with Gasteiger partial charge < -0.3 is 5.32 Å². The average Bonchev–Trinajstić information content (AvgIpc) is 2.71. The van der Waals surface area contributed by atoms with E-state index in [1.807, 2.05) is 48.5 Å². The molecule has 5 heteroatoms. The summed E-state index contributed by atoms with van der Waals surface area (Å²) in [7, 11) is 0. The fourth-order valence-electron chi connectivity index (χ4n) is 2.79. The predicted molar refractivity (Wildman–Crippen MR) is 98.9 cm³/mol. The molecule has 1 N–H and O–H groups in total. The van der Waals surface area contributed by atoms with Crippen LogP contribution >= 0.6 is 11.6 Å². The van der Waals surface area contributed by atoms with E-state index in [9.17, 15) is 4.79 Å². The van der Waals surface area contributed by atoms with Crippen molar-refractivity contribution in [3.63, 3.8) is 0 Å². The van der Waals surface area contributed by atoms with Gasteiger partial charge in [-0.15, -0.1) is 0 Å². The number of hydrogen-bond acceptors (Lipinski definition) is 3. The number of amides is 1. The predicted octanol–water partition coefficient (Wildman–Crippen LogP) is 4.79. The average molecular weight is 340 g/mol. The zero-order valence-corrected chi connectivity index (χ0v) is 14.3. The summed E-state index contributed by atoms with van der Waals surface area (Å²) in [6, 6.07) is 15.3. The summed E-state index contributed by atoms with van der Waals surface area (Å²) in [6.45, 7) is 3.54. The zero-order chi connectivity index (χ0) is 17.1. The summed E-state index contributed by atoms with van der Waals surface area (Å²) in [5.74, 6) is 0.237. The van der Waals surface area contributed by atoms with Gasteiger partial charge in [0, 0.05) is 17.7 Å². The van der Waals surface area contributed by atoms with Gasteiger partial charge in [-0.2, -0.15) is 0 Å². The van der Waals surface area contributed by atoms with Gasteiger partial charge in [0.1, 0.15) is 5.84 Å². The Bertz CT molecular complexity index is 825. The minimum Gasteiger partial charge on any atom is -0.314 e. The largest absolute Gasteiger partial charge is 0.314 e. The number of rotatable bonds is 2. The molecule has 0 saturated carbocycles. The third kappa shape index (κ3) is 3.39. The molecule has 2 aromatic carbocycles. The third-order valence-electron chi connectivity index (χ3n) is 3.86. The molecule has 0 spiro atoms. The van der Waals surface area contributed by atoms with Crippen molar-refractivity contribution >= 4 is 40.4 Å². The molecule has 1 aliphatic heterocycles. The standard InChI is InChI=1S/C19H18ClN3O/c1-3-15-18(13-8-10-14(20)11-9-13)19(21-12(2)24)23-17-7-5-4-6-16(17)22-15/h4-11,18H,3H2,1-2H3,(H,21,23,24)/t18-/m0/s1. The summed E-state index contributed by atoms with van der Waals surface area (Å²) in [5.41, 5.74) is 3.52. The first-order valence-corrected chi connectivity index (χ1v) is 8.24. The van der Waals surface area contributed by atoms with Crippen molar-refractivity contribution in [2.45, 2.75) is 26.2 Å². The van der Waals surface area contributed by atoms with Crippen LogP contribution in [0.25, 0.3) is 0 Å². The van der Waals surface area contributed by atoms with Gasteiger partial charge in [0.25, 0.3) is 0 Å². The SMILES string of the molecule is CCC1=Nc2ccccc2N=C(NC(C)=O)[C@H]1c1ccc(Cl)cc1. The minimum atomic E-state index is -0.205. The quantitative estimate of drug-likeness (QED) is 0.840. The summed E-state index contributed by atoms with van der Waals surface area (Å²) in [6.07, 6.45) is 0.750. The van der Waals surface area contributed by atoms with Crippen LogP contribution in [-0.4, -0.2) is 17.5 Å². The minimum absolute atomic E-state index is 0.150. The number of fused-ring (bicyclic) bond motifs is 1. The van der Waals surface area contributed by atoms with Crippen LogP contribution < -0.4 is 5.32 Å². The highest BCUT2D eigenvalue weighted by molar-refractivity contribution is 6.30. The first-order chi connectivity index (χ1) is 11.6. The molecule has 1 aliphatic rings. The molecule has 1 amide bonds. The number of halogens is 1. The van der Waals surface area contributed by atoms with Crippen molar-refractivity contribution in [1.29, 1.82) is 0 Å². The van der Waals surface area contributed by atoms with Crippen LogP contribution in [0, 0.1) is 0 Å². The Morgan fingerprint density at radius 1 is 1.08 bits per heavy atom. The Morgan fingerprint density at radius 2 is 1.71 bits per heavy atom. The van der Waals surface area contributed by atoms with Crippen LogP contribution in [0.3, 0.4) is 0 Å². The molecule has 0 bridgehead atoms. The Morgan fingerprint density at radius 3 is 2.29 bits per heavy atom. The number of carbonyl (C=O) groups is 1. The molecule has 3 rings (SSSR count). The van der Waals surface area contributed by atoms with Crippen LogP contribution in [0.1, 0.15) is 31.7 Å². The van der Waals surface area contributed by atoms with E-state index in [1.165, 1.54) is 6.92 Å². The highest BCUT2D eigenvalue weighted by Crippen LogP contribution is 2.35. The number of aliphatic imine (C=N–C) groups is 2. The highest BCUT2D eigenvalue weighted by Gasteiger charge is 2.27. The van der Waals surface area contributed by atoms with E-state index in [0.717, 1.165) is 29.1 Å². The molecule has 4 nitrogen and oxygen atoms in total. The summed E-state index contributed by atoms with van der Waals surface area (Å²) >= 11 is 6.02. The number of benzene rings is 2. The second kappa shape index (κ2) is 6.97. The van der Waals surface area contributed by atoms with Crippen molar-refractivity contribution in [2.24, 2.45) is 9.98 Å². The Labute approximate surface area is 146 Å². The van der Waals surface area contributed by atoms with E-state index in [2.05, 4.69) is 12.2 Å². The van der Waals surface area contributed by atoms with Gasteiger partial charge in [-0.1, -0.05) is 42.8 Å². The lowest BCUT2D eigenvalue weighted by atomic mass is 9.91. The molecule has 0 saturated heterocycles. The van der Waals surface area contributed by atoms with Crippen LogP contribution in [0.4, 0.5) is 11.4 Å². The van der Waals surface area contributed by atoms with Gasteiger partial charge >= 0.3 is 0 Å². The molecule has 0 aromatic heterocycles. The van der Waals surface area contributed by atoms with E-state index in [0.29, 0.717) is 10.9 Å². The second-order valence-electron chi connectivity index (χ2n) is 5.61. The molecule has 2 aromatic rings. The first-order valence-electron chi connectivity index (χ1n) is 7.86. The van der Waals surface area contributed by atoms with Gasteiger partial charge in [-0.25, -0.2) is 4.99 Å². The Hall–Kier alpha value is -2.46. The van der Waals surface area contributed by atoms with Crippen molar-refractivity contribution in [3.05, 3.63) is 59.1 Å². The van der Waals surface area contributed by atoms with Crippen LogP contribution in [0.15, 0.2) is 58.5 Å². The molecule has 0 unspecified atom stereocenters. The number of hydrogen-bond donors (Lipinski definition) is 1. The van der Waals surface area contributed by atoms with Gasteiger partial charge in [-0.3, -0.25) is 9.79 Å². The maximum absolute atomic E-state index is 11.7. The van der Waals surface area contributed by atoms with Crippen LogP contribution in [-0.2, 0) is 4.79 Å². The van der Waals surface area contributed by atoms with Crippen molar-refractivity contribution in [1.82, 2.24) is 5.32 Å². The fourth-order valence-corrected chi connectivity index (χ4v) is 2.92. The summed E-state index contributed by atoms with van der Waals surface area (Å²) < 4.78 is 0. The zero-order valence-electron chi connectivity index (χ0n) is 13.6. The van der Waals surface area contributed by atoms with Gasteiger partial charge in [-0.05, 0) is 36.2 Å². The van der Waals surface area contributed by atoms with Crippen LogP contribution in [0.2, 0.25) is 5.02 Å². The normalized spacial score (nSPS) is 16.5. The van der Waals surface area contributed by atoms with E-state index in [4.69, 9.17) is 21.6 Å². The molecule has 122 valence electrons. The van der Waals surface area contributed by atoms with Gasteiger partial charge in [0.15, 0.2) is 0 Å². The molecule has 0 aliphatic carbocycles. The molecule has 24 heavy (non-hydrogen) atoms. The maximum Gasteiger partial charge on any atom is 0.222 e.